The fraction of sp³-hybridized carbons (Fsp3) is 0.639. The summed E-state index contributed by atoms with van der Waals surface area (Å²) in [6.07, 6.45) is 7.77. The molecular formula is C83H117F6N11O11. The van der Waals surface area contributed by atoms with Gasteiger partial charge >= 0.3 is 0 Å². The van der Waals surface area contributed by atoms with E-state index < -0.39 is 69.3 Å². The molecule has 111 heavy (non-hydrogen) atoms. The first-order valence-corrected chi connectivity index (χ1v) is 39.3. The molecule has 6 saturated heterocycles. The number of fused-ring (bicyclic) bond motifs is 3. The summed E-state index contributed by atoms with van der Waals surface area (Å²) in [6, 6.07) is 8.62. The fourth-order valence-electron chi connectivity index (χ4n) is 15.8. The van der Waals surface area contributed by atoms with E-state index in [1.165, 1.54) is 25.1 Å². The van der Waals surface area contributed by atoms with Crippen LogP contribution in [-0.2, 0) is 38.4 Å². The lowest BCUT2D eigenvalue weighted by Crippen LogP contribution is -2.58. The van der Waals surface area contributed by atoms with Crippen LogP contribution in [0.1, 0.15) is 170 Å². The molecule has 28 heteroatoms. The van der Waals surface area contributed by atoms with E-state index >= 15 is 0 Å². The Labute approximate surface area is 650 Å². The van der Waals surface area contributed by atoms with Crippen molar-refractivity contribution in [3.63, 3.8) is 0 Å². The number of anilines is 1. The number of amides is 8. The number of carbonyl (C=O) groups is 8. The van der Waals surface area contributed by atoms with Crippen LogP contribution >= 0.6 is 0 Å². The van der Waals surface area contributed by atoms with Gasteiger partial charge in [0, 0.05) is 119 Å². The first kappa shape index (κ1) is 87.9. The third kappa shape index (κ3) is 21.3. The molecular weight excluding hydrogens is 1440 g/mol. The lowest BCUT2D eigenvalue weighted by Gasteiger charge is -2.37. The molecule has 7 heterocycles. The molecule has 10 rings (SSSR count). The predicted octanol–water partition coefficient (Wildman–Crippen LogP) is 11.6. The SMILES string of the molecule is CC[C@@H](C)C(=O)N[C@H](C(=O)N1CC[C@@H]2[C@H]1[C@@H](COc1ccc(F)c(F)c1)CN2C(=O)CC(C)C)C(C)(C)C.CC[C@@H](C)C(=O)N[C@H](C(=O)N1CC[C@@H]2[C@H]1[C@@H](COc1ccc(F)c(F)c1)CN2C(C)=O)C(C)(C)C.CC[C@@H](C)C(=O)N[C@H](C(=O)N1CC[C@@H]2[C@H]1[C@@H](COc1ccc(F)c(F)c1)CN2c1ncccn1)C(C)(C)C. The molecule has 0 spiro atoms. The summed E-state index contributed by atoms with van der Waals surface area (Å²) < 4.78 is 98.7. The van der Waals surface area contributed by atoms with Crippen molar-refractivity contribution in [3.8, 4) is 17.2 Å². The molecule has 6 aliphatic rings. The van der Waals surface area contributed by atoms with Gasteiger partial charge in [-0.2, -0.15) is 0 Å². The summed E-state index contributed by atoms with van der Waals surface area (Å²) in [5, 5.41) is 8.97. The Balaban J connectivity index is 0.000000209. The molecule has 1 aromatic heterocycles. The highest BCUT2D eigenvalue weighted by molar-refractivity contribution is 5.92. The summed E-state index contributed by atoms with van der Waals surface area (Å²) in [4.78, 5) is 126. The lowest BCUT2D eigenvalue weighted by atomic mass is 9.84. The van der Waals surface area contributed by atoms with E-state index in [2.05, 4.69) is 30.8 Å². The van der Waals surface area contributed by atoms with Crippen molar-refractivity contribution in [3.05, 3.63) is 108 Å². The Hall–Kier alpha value is -8.72. The second-order valence-corrected chi connectivity index (χ2v) is 34.4. The van der Waals surface area contributed by atoms with E-state index in [9.17, 15) is 64.7 Å². The number of benzene rings is 3. The Bertz CT molecular complexity index is 3920. The van der Waals surface area contributed by atoms with E-state index in [4.69, 9.17) is 14.2 Å². The molecule has 612 valence electrons. The molecule has 0 saturated carbocycles. The summed E-state index contributed by atoms with van der Waals surface area (Å²) in [7, 11) is 0. The zero-order chi connectivity index (χ0) is 82.0. The zero-order valence-electron chi connectivity index (χ0n) is 67.8. The summed E-state index contributed by atoms with van der Waals surface area (Å²) in [5.41, 5.74) is -1.55. The third-order valence-corrected chi connectivity index (χ3v) is 22.6. The molecule has 3 N–H and O–H groups in total. The van der Waals surface area contributed by atoms with Crippen LogP contribution in [0, 0.1) is 92.6 Å². The normalized spacial score (nSPS) is 23.0. The van der Waals surface area contributed by atoms with Crippen LogP contribution in [0.5, 0.6) is 17.2 Å². The van der Waals surface area contributed by atoms with Crippen LogP contribution in [0.15, 0.2) is 73.1 Å². The highest BCUT2D eigenvalue weighted by Gasteiger charge is 2.57. The molecule has 0 aliphatic carbocycles. The number of ether oxygens (including phenoxy) is 3. The van der Waals surface area contributed by atoms with Crippen molar-refractivity contribution in [2.24, 2.45) is 57.7 Å². The molecule has 22 nitrogen and oxygen atoms in total. The van der Waals surface area contributed by atoms with Gasteiger partial charge in [-0.3, -0.25) is 38.4 Å². The van der Waals surface area contributed by atoms with Crippen LogP contribution in [0.2, 0.25) is 0 Å². The highest BCUT2D eigenvalue weighted by Crippen LogP contribution is 2.43. The van der Waals surface area contributed by atoms with E-state index in [1.807, 2.05) is 128 Å². The lowest BCUT2D eigenvalue weighted by molar-refractivity contribution is -0.142. The number of aromatic nitrogens is 2. The molecule has 3 aromatic carbocycles. The molecule has 0 radical (unpaired) electrons. The molecule has 0 unspecified atom stereocenters. The third-order valence-electron chi connectivity index (χ3n) is 22.6. The molecule has 15 atom stereocenters. The van der Waals surface area contributed by atoms with Gasteiger partial charge in [0.2, 0.25) is 53.2 Å². The number of halogens is 6. The molecule has 6 aliphatic heterocycles. The van der Waals surface area contributed by atoms with Gasteiger partial charge in [-0.25, -0.2) is 36.3 Å². The van der Waals surface area contributed by atoms with E-state index in [1.54, 1.807) is 33.2 Å². The Morgan fingerprint density at radius 3 is 1.08 bits per heavy atom. The van der Waals surface area contributed by atoms with Crippen molar-refractivity contribution >= 4 is 53.2 Å². The molecule has 6 fully saturated rings. The molecule has 0 bridgehead atoms. The second kappa shape index (κ2) is 37.3. The van der Waals surface area contributed by atoms with Gasteiger partial charge in [0.25, 0.3) is 0 Å². The number of carbonyl (C=O) groups excluding carboxylic acids is 8. The van der Waals surface area contributed by atoms with Crippen LogP contribution in [0.25, 0.3) is 0 Å². The number of likely N-dealkylation sites (tertiary alicyclic amines) is 5. The van der Waals surface area contributed by atoms with Gasteiger partial charge in [-0.1, -0.05) is 118 Å². The van der Waals surface area contributed by atoms with Crippen LogP contribution in [0.4, 0.5) is 32.3 Å². The minimum absolute atomic E-state index is 0.0363. The largest absolute Gasteiger partial charge is 0.493 e. The molecule has 4 aromatic rings. The van der Waals surface area contributed by atoms with Crippen molar-refractivity contribution < 1.29 is 78.9 Å². The van der Waals surface area contributed by atoms with Gasteiger partial charge in [0.05, 0.1) is 56.1 Å². The predicted molar refractivity (Wildman–Crippen MR) is 408 cm³/mol. The monoisotopic (exact) mass is 1560 g/mol. The summed E-state index contributed by atoms with van der Waals surface area (Å²) >= 11 is 0. The summed E-state index contributed by atoms with van der Waals surface area (Å²) in [5.74, 6) is -6.64. The standard InChI is InChI=1S/C29H43F2N3O4.C28H37F2N5O3.C26H37F2N3O4/c1-8-18(4)27(36)32-26(29(5,6)7)28(37)33-12-11-23-25(33)19(15-34(23)24(35)13-17(2)3)16-38-20-9-10-21(30)22(31)14-20;1-6-17(2)25(36)33-24(28(3,4)5)26(37)34-13-10-22-23(34)18(15-35(22)27-31-11-7-12-32-27)16-38-19-8-9-20(29)21(30)14-19;1-7-15(2)24(33)29-23(26(4,5)6)25(34)30-11-10-21-22(30)17(13-31(21)16(3)32)14-35-18-8-9-19(27)20(28)12-18/h9-10,14,17-19,23,25-26H,8,11-13,15-16H2,1-7H3,(H,32,36);7-9,11-12,14,17-18,22-24H,6,10,13,15-16H2,1-5H3,(H,33,36);8-9,12,15,17,21-23H,7,10-11,13-14H2,1-6H3,(H,29,33)/t18-,19-,23-,25-,26-;17-,18-,22-,23-,24-;15-,17-,21-,22-,23-/m111/s1. The Morgan fingerprint density at radius 2 is 0.766 bits per heavy atom. The van der Waals surface area contributed by atoms with Crippen LogP contribution < -0.4 is 35.1 Å². The van der Waals surface area contributed by atoms with E-state index in [-0.39, 0.29) is 162 Å². The van der Waals surface area contributed by atoms with Crippen molar-refractivity contribution in [2.45, 2.75) is 224 Å². The average Bonchev–Trinajstić information content (AvgIpc) is 1.61. The number of rotatable bonds is 24. The first-order chi connectivity index (χ1) is 52.1. The number of hydrogen-bond donors (Lipinski definition) is 3. The number of nitrogens with one attached hydrogen (secondary N) is 3. The Morgan fingerprint density at radius 1 is 0.450 bits per heavy atom. The maximum absolute atomic E-state index is 14.1. The van der Waals surface area contributed by atoms with Gasteiger partial charge in [0.1, 0.15) is 35.4 Å². The first-order valence-electron chi connectivity index (χ1n) is 39.3. The molecule has 8 amide bonds. The average molecular weight is 1560 g/mol. The smallest absolute Gasteiger partial charge is 0.246 e. The maximum Gasteiger partial charge on any atom is 0.246 e. The summed E-state index contributed by atoms with van der Waals surface area (Å²) in [6.45, 7) is 37.5. The van der Waals surface area contributed by atoms with Gasteiger partial charge in [-0.05, 0) is 103 Å². The van der Waals surface area contributed by atoms with Crippen molar-refractivity contribution in [2.75, 3.05) is 64.0 Å². The topological polar surface area (TPSA) is 246 Å². The van der Waals surface area contributed by atoms with Crippen molar-refractivity contribution in [1.29, 1.82) is 0 Å². The van der Waals surface area contributed by atoms with Crippen LogP contribution in [-0.4, -0.2) is 195 Å². The maximum atomic E-state index is 14.1. The van der Waals surface area contributed by atoms with Crippen molar-refractivity contribution in [1.82, 2.24) is 50.4 Å². The van der Waals surface area contributed by atoms with E-state index in [0.717, 1.165) is 36.4 Å². The van der Waals surface area contributed by atoms with Gasteiger partial charge in [-0.15, -0.1) is 0 Å². The highest BCUT2D eigenvalue weighted by atomic mass is 19.2. The minimum atomic E-state index is -1.00. The Kier molecular flexibility index (Phi) is 29.5. The van der Waals surface area contributed by atoms with Gasteiger partial charge in [0.15, 0.2) is 34.9 Å². The minimum Gasteiger partial charge on any atom is -0.493 e. The fourth-order valence-corrected chi connectivity index (χ4v) is 15.8. The second-order valence-electron chi connectivity index (χ2n) is 34.4. The zero-order valence-corrected chi connectivity index (χ0v) is 67.8. The van der Waals surface area contributed by atoms with Gasteiger partial charge < -0.3 is 59.6 Å². The van der Waals surface area contributed by atoms with Crippen LogP contribution in [0.3, 0.4) is 0 Å². The van der Waals surface area contributed by atoms with E-state index in [0.29, 0.717) is 90.2 Å². The number of nitrogens with zero attached hydrogens (tertiary/aromatic N) is 8. The number of hydrogen-bond acceptors (Lipinski definition) is 14. The quantitative estimate of drug-likeness (QED) is 0.0553.